The fourth-order valence-electron chi connectivity index (χ4n) is 2.65. The van der Waals surface area contributed by atoms with Crippen LogP contribution in [0.15, 0.2) is 30.3 Å². The first-order chi connectivity index (χ1) is 12.4. The quantitative estimate of drug-likeness (QED) is 0.600. The monoisotopic (exact) mass is 359 g/mol. The fraction of sp³-hybridized carbons (Fsp3) is 0.429. The van der Waals surface area contributed by atoms with Gasteiger partial charge in [0.25, 0.3) is 0 Å². The summed E-state index contributed by atoms with van der Waals surface area (Å²) in [6, 6.07) is 9.69. The van der Waals surface area contributed by atoms with Gasteiger partial charge in [0, 0.05) is 13.1 Å². The van der Waals surface area contributed by atoms with Gasteiger partial charge in [-0.25, -0.2) is 0 Å². The second kappa shape index (κ2) is 9.46. The molecule has 5 nitrogen and oxygen atoms in total. The third kappa shape index (κ3) is 5.38. The van der Waals surface area contributed by atoms with Gasteiger partial charge in [0.2, 0.25) is 0 Å². The van der Waals surface area contributed by atoms with Crippen LogP contribution >= 0.6 is 0 Å². The van der Waals surface area contributed by atoms with E-state index in [4.69, 9.17) is 9.47 Å². The van der Waals surface area contributed by atoms with Crippen LogP contribution in [0.1, 0.15) is 22.3 Å². The number of ether oxygens (including phenoxy) is 2. The molecule has 26 heavy (non-hydrogen) atoms. The second-order valence-electron chi connectivity index (χ2n) is 6.57. The minimum absolute atomic E-state index is 0.191. The van der Waals surface area contributed by atoms with E-state index in [1.165, 1.54) is 0 Å². The molecular weight excluding hydrogens is 330 g/mol. The number of aryl methyl sites for hydroxylation is 2. The molecule has 1 atom stereocenters. The number of hydrogen-bond donors (Lipinski definition) is 3. The Morgan fingerprint density at radius 3 is 2.42 bits per heavy atom. The molecule has 5 heteroatoms. The van der Waals surface area contributed by atoms with Gasteiger partial charge in [-0.1, -0.05) is 18.2 Å². The summed E-state index contributed by atoms with van der Waals surface area (Å²) in [7, 11) is 0. The average Bonchev–Trinajstić information content (AvgIpc) is 2.63. The third-order valence-electron chi connectivity index (χ3n) is 4.45. The molecule has 0 radical (unpaired) electrons. The van der Waals surface area contributed by atoms with Gasteiger partial charge in [-0.3, -0.25) is 0 Å². The molecule has 0 amide bonds. The maximum Gasteiger partial charge on any atom is 0.123 e. The van der Waals surface area contributed by atoms with Gasteiger partial charge in [-0.15, -0.1) is 0 Å². The first-order valence-electron chi connectivity index (χ1n) is 8.90. The van der Waals surface area contributed by atoms with Crippen molar-refractivity contribution in [2.75, 3.05) is 26.3 Å². The van der Waals surface area contributed by atoms with E-state index in [1.54, 1.807) is 6.07 Å². The molecule has 2 rings (SSSR count). The van der Waals surface area contributed by atoms with Gasteiger partial charge in [0.1, 0.15) is 36.6 Å². The molecule has 0 fully saturated rings. The lowest BCUT2D eigenvalue weighted by atomic mass is 10.0. The number of hydrogen-bond acceptors (Lipinski definition) is 5. The number of aliphatic hydroxyl groups excluding tert-OH is 1. The lowest BCUT2D eigenvalue weighted by molar-refractivity contribution is 0.105. The van der Waals surface area contributed by atoms with Crippen LogP contribution < -0.4 is 14.8 Å². The highest BCUT2D eigenvalue weighted by Gasteiger charge is 2.12. The molecular formula is C21H29NO4. The van der Waals surface area contributed by atoms with E-state index in [0.717, 1.165) is 28.0 Å². The zero-order chi connectivity index (χ0) is 19.1. The number of para-hydroxylation sites is 1. The van der Waals surface area contributed by atoms with Crippen molar-refractivity contribution >= 4 is 0 Å². The van der Waals surface area contributed by atoms with Crippen LogP contribution in [-0.2, 0) is 0 Å². The van der Waals surface area contributed by atoms with Crippen LogP contribution in [0.4, 0.5) is 0 Å². The zero-order valence-electron chi connectivity index (χ0n) is 16.0. The van der Waals surface area contributed by atoms with Crippen molar-refractivity contribution in [3.8, 4) is 17.2 Å². The molecule has 0 saturated heterocycles. The molecule has 0 aromatic heterocycles. The van der Waals surface area contributed by atoms with E-state index in [1.807, 2.05) is 52.0 Å². The molecule has 0 saturated carbocycles. The number of aliphatic hydroxyl groups is 1. The Bertz CT molecular complexity index is 730. The standard InChI is InChI=1S/C21H29NO4/c1-14-7-5-6-8-19(14)25-10-9-22-12-18(23)13-26-20-11-15(2)21(24)17(4)16(20)3/h5-8,11,18,22-24H,9-10,12-13H2,1-4H3. The zero-order valence-corrected chi connectivity index (χ0v) is 16.0. The highest BCUT2D eigenvalue weighted by Crippen LogP contribution is 2.31. The number of aromatic hydroxyl groups is 1. The molecule has 0 aliphatic carbocycles. The lowest BCUT2D eigenvalue weighted by Gasteiger charge is -2.17. The normalized spacial score (nSPS) is 12.0. The summed E-state index contributed by atoms with van der Waals surface area (Å²) >= 11 is 0. The minimum Gasteiger partial charge on any atom is -0.507 e. The van der Waals surface area contributed by atoms with Crippen LogP contribution in [0.2, 0.25) is 0 Å². The van der Waals surface area contributed by atoms with Crippen molar-refractivity contribution in [2.24, 2.45) is 0 Å². The Balaban J connectivity index is 1.70. The number of nitrogens with one attached hydrogen (secondary N) is 1. The number of benzene rings is 2. The Kier molecular flexibility index (Phi) is 7.30. The molecule has 0 aliphatic rings. The molecule has 1 unspecified atom stereocenters. The highest BCUT2D eigenvalue weighted by atomic mass is 16.5. The molecule has 3 N–H and O–H groups in total. The number of rotatable bonds is 9. The third-order valence-corrected chi connectivity index (χ3v) is 4.45. The molecule has 0 spiro atoms. The van der Waals surface area contributed by atoms with Gasteiger partial charge in [0.15, 0.2) is 0 Å². The van der Waals surface area contributed by atoms with Crippen LogP contribution in [0.3, 0.4) is 0 Å². The SMILES string of the molecule is Cc1ccccc1OCCNCC(O)COc1cc(C)c(O)c(C)c1C. The maximum atomic E-state index is 10.1. The second-order valence-corrected chi connectivity index (χ2v) is 6.57. The minimum atomic E-state index is -0.623. The fourth-order valence-corrected chi connectivity index (χ4v) is 2.65. The summed E-state index contributed by atoms with van der Waals surface area (Å²) in [6.07, 6.45) is -0.623. The maximum absolute atomic E-state index is 10.1. The first-order valence-corrected chi connectivity index (χ1v) is 8.90. The smallest absolute Gasteiger partial charge is 0.123 e. The van der Waals surface area contributed by atoms with E-state index in [-0.39, 0.29) is 6.61 Å². The Morgan fingerprint density at radius 2 is 1.69 bits per heavy atom. The van der Waals surface area contributed by atoms with Crippen molar-refractivity contribution < 1.29 is 19.7 Å². The molecule has 0 heterocycles. The summed E-state index contributed by atoms with van der Waals surface area (Å²) in [5.41, 5.74) is 3.57. The number of phenols is 1. The summed E-state index contributed by atoms with van der Waals surface area (Å²) in [5, 5.41) is 23.2. The molecule has 0 aliphatic heterocycles. The highest BCUT2D eigenvalue weighted by molar-refractivity contribution is 5.51. The lowest BCUT2D eigenvalue weighted by Crippen LogP contribution is -2.33. The Morgan fingerprint density at radius 1 is 0.962 bits per heavy atom. The molecule has 0 bridgehead atoms. The molecule has 2 aromatic carbocycles. The summed E-state index contributed by atoms with van der Waals surface area (Å²) in [5.74, 6) is 1.87. The van der Waals surface area contributed by atoms with Crippen molar-refractivity contribution in [1.82, 2.24) is 5.32 Å². The summed E-state index contributed by atoms with van der Waals surface area (Å²) < 4.78 is 11.4. The van der Waals surface area contributed by atoms with E-state index >= 15 is 0 Å². The van der Waals surface area contributed by atoms with Crippen molar-refractivity contribution in [3.05, 3.63) is 52.6 Å². The topological polar surface area (TPSA) is 71.0 Å². The van der Waals surface area contributed by atoms with Crippen molar-refractivity contribution in [3.63, 3.8) is 0 Å². The predicted molar refractivity (Wildman–Crippen MR) is 103 cm³/mol. The van der Waals surface area contributed by atoms with Gasteiger partial charge >= 0.3 is 0 Å². The van der Waals surface area contributed by atoms with Gasteiger partial charge in [0.05, 0.1) is 0 Å². The number of phenolic OH excluding ortho intramolecular Hbond substituents is 1. The van der Waals surface area contributed by atoms with Crippen LogP contribution in [0, 0.1) is 27.7 Å². The average molecular weight is 359 g/mol. The van der Waals surface area contributed by atoms with Crippen LogP contribution in [0.25, 0.3) is 0 Å². The van der Waals surface area contributed by atoms with E-state index in [2.05, 4.69) is 5.32 Å². The Labute approximate surface area is 155 Å². The molecule has 142 valence electrons. The largest absolute Gasteiger partial charge is 0.507 e. The predicted octanol–water partition coefficient (Wildman–Crippen LogP) is 3.03. The first kappa shape index (κ1) is 20.1. The van der Waals surface area contributed by atoms with E-state index in [9.17, 15) is 10.2 Å². The Hall–Kier alpha value is -2.24. The van der Waals surface area contributed by atoms with Crippen LogP contribution in [-0.4, -0.2) is 42.6 Å². The van der Waals surface area contributed by atoms with Crippen molar-refractivity contribution in [1.29, 1.82) is 0 Å². The van der Waals surface area contributed by atoms with Gasteiger partial charge < -0.3 is 25.0 Å². The van der Waals surface area contributed by atoms with E-state index < -0.39 is 6.10 Å². The van der Waals surface area contributed by atoms with Gasteiger partial charge in [-0.2, -0.15) is 0 Å². The van der Waals surface area contributed by atoms with Crippen LogP contribution in [0.5, 0.6) is 17.2 Å². The van der Waals surface area contributed by atoms with Gasteiger partial charge in [-0.05, 0) is 62.1 Å². The summed E-state index contributed by atoms with van der Waals surface area (Å²) in [4.78, 5) is 0. The van der Waals surface area contributed by atoms with E-state index in [0.29, 0.717) is 31.2 Å². The summed E-state index contributed by atoms with van der Waals surface area (Å²) in [6.45, 7) is 9.39. The molecule has 2 aromatic rings. The van der Waals surface area contributed by atoms with Crippen molar-refractivity contribution in [2.45, 2.75) is 33.8 Å².